The topological polar surface area (TPSA) is 107 Å². The average molecular weight is 384 g/mol. The van der Waals surface area contributed by atoms with Crippen LogP contribution >= 0.6 is 0 Å². The quantitative estimate of drug-likeness (QED) is 0.585. The first-order chi connectivity index (χ1) is 13.5. The molecular weight excluding hydrogens is 364 g/mol. The Morgan fingerprint density at radius 1 is 1.18 bits per heavy atom. The molecule has 2 aromatic rings. The molecule has 146 valence electrons. The lowest BCUT2D eigenvalue weighted by Crippen LogP contribution is -2.45. The fourth-order valence-corrected chi connectivity index (χ4v) is 2.98. The van der Waals surface area contributed by atoms with Crippen LogP contribution in [0.1, 0.15) is 41.9 Å². The Balaban J connectivity index is 1.94. The fraction of sp³-hybridized carbons (Fsp3) is 0.250. The molecule has 0 saturated carbocycles. The average Bonchev–Trinajstić information content (AvgIpc) is 3.22. The number of carbonyl (C=O) groups excluding carboxylic acids is 3. The van der Waals surface area contributed by atoms with Crippen molar-refractivity contribution in [1.82, 2.24) is 10.6 Å². The largest absolute Gasteiger partial charge is 0.466 e. The summed E-state index contributed by atoms with van der Waals surface area (Å²) in [7, 11) is 1.29. The van der Waals surface area contributed by atoms with Crippen molar-refractivity contribution in [2.24, 2.45) is 0 Å². The molecule has 1 aliphatic heterocycles. The zero-order valence-electron chi connectivity index (χ0n) is 15.5. The van der Waals surface area contributed by atoms with E-state index in [9.17, 15) is 14.4 Å². The Kier molecular flexibility index (Phi) is 5.78. The molecular formula is C20H20N2O6. The van der Waals surface area contributed by atoms with Gasteiger partial charge in [0.1, 0.15) is 5.75 Å². The van der Waals surface area contributed by atoms with Gasteiger partial charge in [-0.2, -0.15) is 0 Å². The minimum atomic E-state index is -0.731. The number of hydrogen-bond acceptors (Lipinski definition) is 6. The number of amides is 2. The number of benzene rings is 1. The summed E-state index contributed by atoms with van der Waals surface area (Å²) >= 11 is 0. The van der Waals surface area contributed by atoms with E-state index in [4.69, 9.17) is 13.9 Å². The standard InChI is InChI=1S/C20H20N2O6/c1-3-6-14-16(19(24)26-2)17(22-20(25)21-14)12-7-4-8-13(11-12)28-18(23)15-9-5-10-27-15/h4-5,7-11,17H,3,6H2,1-2H3,(H2,21,22,25). The molecule has 0 aliphatic carbocycles. The number of urea groups is 1. The van der Waals surface area contributed by atoms with E-state index in [2.05, 4.69) is 10.6 Å². The second-order valence-electron chi connectivity index (χ2n) is 6.10. The van der Waals surface area contributed by atoms with Crippen LogP contribution in [0.5, 0.6) is 5.75 Å². The molecule has 2 heterocycles. The van der Waals surface area contributed by atoms with Crippen molar-refractivity contribution in [3.8, 4) is 5.75 Å². The predicted octanol–water partition coefficient (Wildman–Crippen LogP) is 3.08. The van der Waals surface area contributed by atoms with E-state index in [1.807, 2.05) is 6.92 Å². The molecule has 0 spiro atoms. The highest BCUT2D eigenvalue weighted by Gasteiger charge is 2.33. The van der Waals surface area contributed by atoms with Crippen LogP contribution in [-0.2, 0) is 9.53 Å². The molecule has 3 rings (SSSR count). The van der Waals surface area contributed by atoms with Crippen LogP contribution in [0.3, 0.4) is 0 Å². The molecule has 8 heteroatoms. The highest BCUT2D eigenvalue weighted by molar-refractivity contribution is 5.95. The second kappa shape index (κ2) is 8.43. The van der Waals surface area contributed by atoms with Crippen molar-refractivity contribution in [2.75, 3.05) is 7.11 Å². The van der Waals surface area contributed by atoms with Crippen LogP contribution in [0.4, 0.5) is 4.79 Å². The van der Waals surface area contributed by atoms with Gasteiger partial charge in [-0.05, 0) is 36.2 Å². The molecule has 0 fully saturated rings. The van der Waals surface area contributed by atoms with Crippen LogP contribution in [0, 0.1) is 0 Å². The third kappa shape index (κ3) is 4.06. The summed E-state index contributed by atoms with van der Waals surface area (Å²) in [6.07, 6.45) is 2.63. The number of rotatable bonds is 6. The third-order valence-corrected chi connectivity index (χ3v) is 4.18. The maximum atomic E-state index is 12.4. The van der Waals surface area contributed by atoms with Crippen molar-refractivity contribution in [3.63, 3.8) is 0 Å². The van der Waals surface area contributed by atoms with Crippen molar-refractivity contribution in [2.45, 2.75) is 25.8 Å². The highest BCUT2D eigenvalue weighted by atomic mass is 16.5. The van der Waals surface area contributed by atoms with Crippen LogP contribution in [-0.4, -0.2) is 25.1 Å². The van der Waals surface area contributed by atoms with Gasteiger partial charge < -0.3 is 24.5 Å². The number of methoxy groups -OCH3 is 1. The third-order valence-electron chi connectivity index (χ3n) is 4.18. The lowest BCUT2D eigenvalue weighted by molar-refractivity contribution is -0.136. The first kappa shape index (κ1) is 19.2. The van der Waals surface area contributed by atoms with Crippen molar-refractivity contribution in [3.05, 3.63) is 65.3 Å². The summed E-state index contributed by atoms with van der Waals surface area (Å²) in [5, 5.41) is 5.41. The summed E-state index contributed by atoms with van der Waals surface area (Å²) in [6.45, 7) is 1.94. The molecule has 1 aromatic carbocycles. The molecule has 1 aliphatic rings. The summed E-state index contributed by atoms with van der Waals surface area (Å²) in [6, 6.07) is 8.51. The predicted molar refractivity (Wildman–Crippen MR) is 98.5 cm³/mol. The Bertz CT molecular complexity index is 917. The molecule has 1 unspecified atom stereocenters. The van der Waals surface area contributed by atoms with Gasteiger partial charge >= 0.3 is 18.0 Å². The van der Waals surface area contributed by atoms with Crippen LogP contribution in [0.25, 0.3) is 0 Å². The first-order valence-electron chi connectivity index (χ1n) is 8.78. The number of esters is 2. The summed E-state index contributed by atoms with van der Waals surface area (Å²) < 4.78 is 15.3. The minimum absolute atomic E-state index is 0.0703. The van der Waals surface area contributed by atoms with E-state index in [1.54, 1.807) is 30.3 Å². The number of carbonyl (C=O) groups is 3. The number of ether oxygens (including phenoxy) is 2. The summed E-state index contributed by atoms with van der Waals surface area (Å²) in [5.41, 5.74) is 1.41. The molecule has 0 bridgehead atoms. The van der Waals surface area contributed by atoms with Gasteiger partial charge in [-0.25, -0.2) is 14.4 Å². The van der Waals surface area contributed by atoms with E-state index in [0.29, 0.717) is 23.3 Å². The van der Waals surface area contributed by atoms with Gasteiger partial charge in [-0.1, -0.05) is 25.5 Å². The van der Waals surface area contributed by atoms with Gasteiger partial charge in [0.2, 0.25) is 5.76 Å². The van der Waals surface area contributed by atoms with E-state index in [-0.39, 0.29) is 11.5 Å². The Morgan fingerprint density at radius 2 is 2.00 bits per heavy atom. The van der Waals surface area contributed by atoms with Crippen molar-refractivity contribution >= 4 is 18.0 Å². The lowest BCUT2D eigenvalue weighted by Gasteiger charge is -2.29. The molecule has 1 atom stereocenters. The van der Waals surface area contributed by atoms with Crippen LogP contribution < -0.4 is 15.4 Å². The summed E-state index contributed by atoms with van der Waals surface area (Å²) in [5.74, 6) is -0.861. The Hall–Kier alpha value is -3.55. The van der Waals surface area contributed by atoms with E-state index in [0.717, 1.165) is 6.42 Å². The monoisotopic (exact) mass is 384 g/mol. The minimum Gasteiger partial charge on any atom is -0.466 e. The molecule has 0 radical (unpaired) electrons. The SMILES string of the molecule is CCCC1=C(C(=O)OC)C(c2cccc(OC(=O)c3ccco3)c2)NC(=O)N1. The first-order valence-corrected chi connectivity index (χ1v) is 8.78. The van der Waals surface area contributed by atoms with Crippen LogP contribution in [0.2, 0.25) is 0 Å². The molecule has 8 nitrogen and oxygen atoms in total. The maximum Gasteiger partial charge on any atom is 0.379 e. The molecule has 28 heavy (non-hydrogen) atoms. The normalized spacial score (nSPS) is 16.2. The Morgan fingerprint density at radius 3 is 2.68 bits per heavy atom. The van der Waals surface area contributed by atoms with Crippen molar-refractivity contribution in [1.29, 1.82) is 0 Å². The number of nitrogens with one attached hydrogen (secondary N) is 2. The van der Waals surface area contributed by atoms with Gasteiger partial charge in [0.15, 0.2) is 0 Å². The molecule has 1 aromatic heterocycles. The zero-order valence-corrected chi connectivity index (χ0v) is 15.5. The summed E-state index contributed by atoms with van der Waals surface area (Å²) in [4.78, 5) is 36.6. The van der Waals surface area contributed by atoms with Crippen molar-refractivity contribution < 1.29 is 28.3 Å². The lowest BCUT2D eigenvalue weighted by atomic mass is 9.93. The van der Waals surface area contributed by atoms with E-state index in [1.165, 1.54) is 19.4 Å². The second-order valence-corrected chi connectivity index (χ2v) is 6.10. The fourth-order valence-electron chi connectivity index (χ4n) is 2.98. The maximum absolute atomic E-state index is 12.4. The smallest absolute Gasteiger partial charge is 0.379 e. The molecule has 0 saturated heterocycles. The van der Waals surface area contributed by atoms with Gasteiger partial charge in [-0.15, -0.1) is 0 Å². The number of allylic oxidation sites excluding steroid dienone is 1. The number of hydrogen-bond donors (Lipinski definition) is 2. The van der Waals surface area contributed by atoms with Gasteiger partial charge in [0, 0.05) is 5.70 Å². The molecule has 2 amide bonds. The van der Waals surface area contributed by atoms with E-state index < -0.39 is 24.0 Å². The van der Waals surface area contributed by atoms with E-state index >= 15 is 0 Å². The zero-order chi connectivity index (χ0) is 20.1. The molecule has 2 N–H and O–H groups in total. The van der Waals surface area contributed by atoms with Crippen LogP contribution in [0.15, 0.2) is 58.3 Å². The Labute approximate surface area is 161 Å². The number of furan rings is 1. The van der Waals surface area contributed by atoms with Gasteiger partial charge in [0.25, 0.3) is 0 Å². The highest BCUT2D eigenvalue weighted by Crippen LogP contribution is 2.31. The van der Waals surface area contributed by atoms with Gasteiger partial charge in [0.05, 0.1) is 25.0 Å². The van der Waals surface area contributed by atoms with Gasteiger partial charge in [-0.3, -0.25) is 0 Å².